The molecule has 60 valence electrons. The van der Waals surface area contributed by atoms with Crippen molar-refractivity contribution >= 4 is 17.7 Å². The summed E-state index contributed by atoms with van der Waals surface area (Å²) in [5.41, 5.74) is 3.24. The molecule has 0 nitrogen and oxygen atoms in total. The van der Waals surface area contributed by atoms with Crippen LogP contribution in [0.5, 0.6) is 0 Å². The second kappa shape index (κ2) is 3.69. The molecule has 0 aliphatic carbocycles. The van der Waals surface area contributed by atoms with Crippen molar-refractivity contribution in [3.05, 3.63) is 35.4 Å². The Balaban J connectivity index is 3.14. The number of rotatable bonds is 1. The number of benzene rings is 1. The van der Waals surface area contributed by atoms with Crippen LogP contribution < -0.4 is 0 Å². The summed E-state index contributed by atoms with van der Waals surface area (Å²) < 4.78 is 0. The van der Waals surface area contributed by atoms with Gasteiger partial charge in [-0.2, -0.15) is 0 Å². The molecular weight excluding hydrogens is 139 g/mol. The summed E-state index contributed by atoms with van der Waals surface area (Å²) >= 11 is 2.21. The molecule has 0 amide bonds. The van der Waals surface area contributed by atoms with Gasteiger partial charge in [-0.1, -0.05) is 0 Å². The quantitative estimate of drug-likeness (QED) is 0.545. The average Bonchev–Trinajstić information content (AvgIpc) is 2.03. The molecule has 0 unspecified atom stereocenters. The van der Waals surface area contributed by atoms with Crippen LogP contribution in [0, 0.1) is 0 Å². The van der Waals surface area contributed by atoms with E-state index in [-0.39, 0.29) is 5.41 Å². The Morgan fingerprint density at radius 2 is 1.75 bits per heavy atom. The fourth-order valence-corrected chi connectivity index (χ4v) is 1.56. The first-order chi connectivity index (χ1) is 5.55. The summed E-state index contributed by atoms with van der Waals surface area (Å²) in [5, 5.41) is 1.13. The van der Waals surface area contributed by atoms with Crippen molar-refractivity contribution in [3.8, 4) is 0 Å². The van der Waals surface area contributed by atoms with Crippen molar-refractivity contribution in [1.29, 1.82) is 0 Å². The van der Waals surface area contributed by atoms with Gasteiger partial charge in [-0.15, -0.1) is 0 Å². The van der Waals surface area contributed by atoms with Gasteiger partial charge in [0.25, 0.3) is 0 Å². The maximum absolute atomic E-state index is 2.27. The van der Waals surface area contributed by atoms with E-state index < -0.39 is 0 Å². The fraction of sp³-hybridized carbons (Fsp3) is 0.455. The Morgan fingerprint density at radius 1 is 1.17 bits per heavy atom. The molecule has 0 radical (unpaired) electrons. The molecule has 1 aromatic rings. The zero-order valence-corrected chi connectivity index (χ0v) is 8.52. The molecule has 0 aromatic heterocycles. The van der Waals surface area contributed by atoms with Crippen LogP contribution >= 0.6 is 0 Å². The molecule has 1 rings (SSSR count). The molecule has 1 heteroatoms. The van der Waals surface area contributed by atoms with Crippen molar-refractivity contribution in [1.82, 2.24) is 0 Å². The molecule has 0 saturated heterocycles. The normalized spacial score (nSPS) is 11.8. The molecular formula is C11H15Li. The Kier molecular flexibility index (Phi) is 3.04. The fourth-order valence-electron chi connectivity index (χ4n) is 1.56. The third kappa shape index (κ3) is 2.16. The van der Waals surface area contributed by atoms with Gasteiger partial charge in [0.05, 0.1) is 0 Å². The second-order valence-corrected chi connectivity index (χ2v) is 4.26. The van der Waals surface area contributed by atoms with Gasteiger partial charge in [-0.25, -0.2) is 0 Å². The third-order valence-corrected chi connectivity index (χ3v) is 2.21. The Morgan fingerprint density at radius 3 is 2.17 bits per heavy atom. The standard InChI is InChI=1S/C11H15.Li/c1-9-7-5-6-8-10(9)11(2,3)4;/h5-8H,1H2,2-4H3;. The van der Waals surface area contributed by atoms with Crippen molar-refractivity contribution in [2.24, 2.45) is 0 Å². The zero-order chi connectivity index (χ0) is 9.19. The third-order valence-electron chi connectivity index (χ3n) is 2.21. The Labute approximate surface area is 84.6 Å². The Bertz CT molecular complexity index is 258. The number of hydrogen-bond donors (Lipinski definition) is 0. The van der Waals surface area contributed by atoms with Crippen LogP contribution in [0.4, 0.5) is 0 Å². The van der Waals surface area contributed by atoms with E-state index in [0.29, 0.717) is 0 Å². The molecule has 0 spiro atoms. The molecule has 0 N–H and O–H groups in total. The topological polar surface area (TPSA) is 0 Å². The summed E-state index contributed by atoms with van der Waals surface area (Å²) in [6, 6.07) is 8.70. The van der Waals surface area contributed by atoms with Crippen LogP contribution in [0.1, 0.15) is 31.9 Å². The van der Waals surface area contributed by atoms with E-state index in [0.717, 1.165) is 5.09 Å². The van der Waals surface area contributed by atoms with E-state index >= 15 is 0 Å². The number of hydrogen-bond acceptors (Lipinski definition) is 0. The molecule has 12 heavy (non-hydrogen) atoms. The summed E-state index contributed by atoms with van der Waals surface area (Å²) in [4.78, 5) is 0. The van der Waals surface area contributed by atoms with Crippen molar-refractivity contribution in [3.63, 3.8) is 0 Å². The predicted octanol–water partition coefficient (Wildman–Crippen LogP) is 2.65. The monoisotopic (exact) mass is 154 g/mol. The van der Waals surface area contributed by atoms with Gasteiger partial charge in [-0.05, 0) is 0 Å². The zero-order valence-electron chi connectivity index (χ0n) is 8.52. The van der Waals surface area contributed by atoms with Crippen molar-refractivity contribution < 1.29 is 0 Å². The molecule has 0 fully saturated rings. The maximum atomic E-state index is 2.27. The van der Waals surface area contributed by atoms with Crippen LogP contribution in [0.3, 0.4) is 0 Å². The van der Waals surface area contributed by atoms with Crippen LogP contribution in [-0.4, -0.2) is 17.7 Å². The summed E-state index contributed by atoms with van der Waals surface area (Å²) in [6.45, 7) is 6.80. The SMILES string of the molecule is [Li][CH2]c1ccccc1C(C)(C)C. The van der Waals surface area contributed by atoms with E-state index in [1.165, 1.54) is 11.1 Å². The van der Waals surface area contributed by atoms with Gasteiger partial charge in [0.1, 0.15) is 0 Å². The van der Waals surface area contributed by atoms with Crippen LogP contribution in [0.2, 0.25) is 0 Å². The molecule has 0 aliphatic heterocycles. The van der Waals surface area contributed by atoms with Gasteiger partial charge in [0, 0.05) is 0 Å². The average molecular weight is 154 g/mol. The molecule has 0 saturated carbocycles. The first-order valence-corrected chi connectivity index (χ1v) is 4.64. The van der Waals surface area contributed by atoms with Crippen molar-refractivity contribution in [2.75, 3.05) is 0 Å². The molecule has 1 aromatic carbocycles. The van der Waals surface area contributed by atoms with Gasteiger partial charge >= 0.3 is 84.4 Å². The van der Waals surface area contributed by atoms with Gasteiger partial charge in [0.2, 0.25) is 0 Å². The van der Waals surface area contributed by atoms with Crippen LogP contribution in [0.25, 0.3) is 0 Å². The summed E-state index contributed by atoms with van der Waals surface area (Å²) in [7, 11) is 0. The van der Waals surface area contributed by atoms with E-state index in [1.54, 1.807) is 0 Å². The van der Waals surface area contributed by atoms with Gasteiger partial charge < -0.3 is 0 Å². The van der Waals surface area contributed by atoms with Crippen LogP contribution in [0.15, 0.2) is 24.3 Å². The first-order valence-electron chi connectivity index (χ1n) is 4.64. The molecule has 0 bridgehead atoms. The minimum atomic E-state index is 0.284. The van der Waals surface area contributed by atoms with Gasteiger partial charge in [-0.3, -0.25) is 0 Å². The summed E-state index contributed by atoms with van der Waals surface area (Å²) in [5.74, 6) is 0. The van der Waals surface area contributed by atoms with Crippen LogP contribution in [-0.2, 0) is 10.5 Å². The molecule has 0 aliphatic rings. The van der Waals surface area contributed by atoms with E-state index in [9.17, 15) is 0 Å². The first kappa shape index (κ1) is 9.90. The predicted molar refractivity (Wildman–Crippen MR) is 54.6 cm³/mol. The van der Waals surface area contributed by atoms with E-state index in [4.69, 9.17) is 0 Å². The Hall–Kier alpha value is -0.183. The minimum absolute atomic E-state index is 0.284. The van der Waals surface area contributed by atoms with Crippen molar-refractivity contribution in [2.45, 2.75) is 31.3 Å². The molecule has 0 atom stereocenters. The van der Waals surface area contributed by atoms with E-state index in [1.807, 2.05) is 0 Å². The van der Waals surface area contributed by atoms with Gasteiger partial charge in [0.15, 0.2) is 0 Å². The van der Waals surface area contributed by atoms with E-state index in [2.05, 4.69) is 62.8 Å². The summed E-state index contributed by atoms with van der Waals surface area (Å²) in [6.07, 6.45) is 0. The second-order valence-electron chi connectivity index (χ2n) is 4.26. The molecule has 0 heterocycles.